The van der Waals surface area contributed by atoms with Crippen LogP contribution >= 0.6 is 36.2 Å². The first-order valence-corrected chi connectivity index (χ1v) is 7.45. The molecular weight excluding hydrogens is 347 g/mol. The number of hydrogen-bond donors (Lipinski definition) is 2. The van der Waals surface area contributed by atoms with Gasteiger partial charge in [-0.05, 0) is 7.05 Å². The fourth-order valence-corrected chi connectivity index (χ4v) is 2.10. The highest BCUT2D eigenvalue weighted by molar-refractivity contribution is 7.13. The summed E-state index contributed by atoms with van der Waals surface area (Å²) in [5, 5.41) is 8.08. The maximum atomic E-state index is 11.9. The number of anilines is 1. The van der Waals surface area contributed by atoms with Crippen LogP contribution < -0.4 is 10.6 Å². The second-order valence-corrected chi connectivity index (χ2v) is 5.74. The Labute approximate surface area is 147 Å². The van der Waals surface area contributed by atoms with Crippen LogP contribution in [0.15, 0.2) is 5.38 Å². The van der Waals surface area contributed by atoms with E-state index >= 15 is 0 Å². The maximum Gasteiger partial charge on any atom is 0.228 e. The predicted octanol–water partition coefficient (Wildman–Crippen LogP) is 1.80. The minimum Gasteiger partial charge on any atom is -0.344 e. The SMILES string of the molecule is CNCCN(C)C(=O)Cc1csc(NC(=O)C(C)C)n1.Cl.Cl. The molecule has 128 valence electrons. The standard InChI is InChI=1S/C13H22N4O2S.2ClH/c1-9(2)12(19)16-13-15-10(8-20-13)7-11(18)17(4)6-5-14-3;;/h8-9,14H,5-7H2,1-4H3,(H,15,16,19);2*1H. The zero-order valence-electron chi connectivity index (χ0n) is 13.2. The van der Waals surface area contributed by atoms with E-state index in [1.165, 1.54) is 11.3 Å². The van der Waals surface area contributed by atoms with Crippen LogP contribution in [0.4, 0.5) is 5.13 Å². The molecule has 22 heavy (non-hydrogen) atoms. The third-order valence-electron chi connectivity index (χ3n) is 2.76. The summed E-state index contributed by atoms with van der Waals surface area (Å²) in [5.74, 6) is -0.132. The van der Waals surface area contributed by atoms with Crippen LogP contribution in [0.3, 0.4) is 0 Å². The summed E-state index contributed by atoms with van der Waals surface area (Å²) in [4.78, 5) is 29.4. The van der Waals surface area contributed by atoms with Crippen molar-refractivity contribution in [3.05, 3.63) is 11.1 Å². The van der Waals surface area contributed by atoms with Gasteiger partial charge in [-0.1, -0.05) is 13.8 Å². The summed E-state index contributed by atoms with van der Waals surface area (Å²) in [6.45, 7) is 5.07. The van der Waals surface area contributed by atoms with Gasteiger partial charge in [0.25, 0.3) is 0 Å². The molecule has 1 heterocycles. The third kappa shape index (κ3) is 7.93. The first-order chi connectivity index (χ1) is 9.43. The Morgan fingerprint density at radius 2 is 2.00 bits per heavy atom. The van der Waals surface area contributed by atoms with Crippen molar-refractivity contribution in [1.82, 2.24) is 15.2 Å². The highest BCUT2D eigenvalue weighted by Gasteiger charge is 2.13. The van der Waals surface area contributed by atoms with Crippen LogP contribution in [0.2, 0.25) is 0 Å². The van der Waals surface area contributed by atoms with E-state index in [0.29, 0.717) is 17.4 Å². The Morgan fingerprint density at radius 3 is 2.55 bits per heavy atom. The van der Waals surface area contributed by atoms with E-state index in [4.69, 9.17) is 0 Å². The maximum absolute atomic E-state index is 11.9. The number of likely N-dealkylation sites (N-methyl/N-ethyl adjacent to an activating group) is 2. The summed E-state index contributed by atoms with van der Waals surface area (Å²) in [6.07, 6.45) is 0.258. The lowest BCUT2D eigenvalue weighted by Gasteiger charge is -2.16. The molecule has 0 atom stereocenters. The fraction of sp³-hybridized carbons (Fsp3) is 0.615. The molecule has 2 amide bonds. The van der Waals surface area contributed by atoms with Crippen LogP contribution in [0, 0.1) is 5.92 Å². The summed E-state index contributed by atoms with van der Waals surface area (Å²) in [6, 6.07) is 0. The fourth-order valence-electron chi connectivity index (χ4n) is 1.39. The Hall–Kier alpha value is -0.890. The van der Waals surface area contributed by atoms with Gasteiger partial charge in [0.05, 0.1) is 12.1 Å². The molecule has 1 aromatic heterocycles. The van der Waals surface area contributed by atoms with E-state index in [9.17, 15) is 9.59 Å². The van der Waals surface area contributed by atoms with Gasteiger partial charge in [-0.3, -0.25) is 9.59 Å². The van der Waals surface area contributed by atoms with E-state index in [1.807, 2.05) is 20.9 Å². The van der Waals surface area contributed by atoms with Crippen molar-refractivity contribution in [3.8, 4) is 0 Å². The Kier molecular flexibility index (Phi) is 12.4. The van der Waals surface area contributed by atoms with Gasteiger partial charge in [0.1, 0.15) is 0 Å². The van der Waals surface area contributed by atoms with Gasteiger partial charge in [-0.2, -0.15) is 0 Å². The molecule has 0 spiro atoms. The van der Waals surface area contributed by atoms with E-state index in [1.54, 1.807) is 17.3 Å². The average molecular weight is 371 g/mol. The molecule has 0 aliphatic carbocycles. The summed E-state index contributed by atoms with van der Waals surface area (Å²) in [5.41, 5.74) is 0.690. The lowest BCUT2D eigenvalue weighted by Crippen LogP contribution is -2.33. The monoisotopic (exact) mass is 370 g/mol. The van der Waals surface area contributed by atoms with Crippen LogP contribution in [0.5, 0.6) is 0 Å². The zero-order valence-corrected chi connectivity index (χ0v) is 15.7. The molecule has 1 rings (SSSR count). The molecule has 0 aliphatic heterocycles. The number of halogens is 2. The molecule has 1 aromatic rings. The minimum atomic E-state index is -0.0864. The number of carbonyl (C=O) groups excluding carboxylic acids is 2. The van der Waals surface area contributed by atoms with Crippen molar-refractivity contribution in [2.24, 2.45) is 5.92 Å². The first kappa shape index (κ1) is 23.4. The molecule has 0 radical (unpaired) electrons. The third-order valence-corrected chi connectivity index (χ3v) is 3.57. The van der Waals surface area contributed by atoms with Crippen LogP contribution in [-0.4, -0.2) is 48.9 Å². The summed E-state index contributed by atoms with van der Waals surface area (Å²) < 4.78 is 0. The second-order valence-electron chi connectivity index (χ2n) is 4.88. The topological polar surface area (TPSA) is 74.3 Å². The van der Waals surface area contributed by atoms with E-state index in [2.05, 4.69) is 15.6 Å². The van der Waals surface area contributed by atoms with Crippen LogP contribution in [0.25, 0.3) is 0 Å². The molecule has 0 aliphatic rings. The Bertz CT molecular complexity index is 469. The van der Waals surface area contributed by atoms with E-state index < -0.39 is 0 Å². The number of carbonyl (C=O) groups is 2. The van der Waals surface area contributed by atoms with E-state index in [-0.39, 0.29) is 49.0 Å². The van der Waals surface area contributed by atoms with Gasteiger partial charge >= 0.3 is 0 Å². The zero-order chi connectivity index (χ0) is 15.1. The first-order valence-electron chi connectivity index (χ1n) is 6.58. The number of amides is 2. The van der Waals surface area contributed by atoms with Gasteiger partial charge in [0.15, 0.2) is 5.13 Å². The number of hydrogen-bond acceptors (Lipinski definition) is 5. The van der Waals surface area contributed by atoms with Gasteiger partial charge in [-0.25, -0.2) is 4.98 Å². The molecule has 9 heteroatoms. The normalized spacial score (nSPS) is 9.68. The smallest absolute Gasteiger partial charge is 0.228 e. The van der Waals surface area contributed by atoms with E-state index in [0.717, 1.165) is 6.54 Å². The largest absolute Gasteiger partial charge is 0.344 e. The molecule has 6 nitrogen and oxygen atoms in total. The highest BCUT2D eigenvalue weighted by Crippen LogP contribution is 2.17. The minimum absolute atomic E-state index is 0. The van der Waals surface area contributed by atoms with Gasteiger partial charge in [-0.15, -0.1) is 36.2 Å². The van der Waals surface area contributed by atoms with Crippen molar-refractivity contribution in [3.63, 3.8) is 0 Å². The molecule has 0 unspecified atom stereocenters. The molecule has 0 fully saturated rings. The van der Waals surface area contributed by atoms with Gasteiger partial charge in [0, 0.05) is 31.4 Å². The molecule has 0 bridgehead atoms. The number of nitrogens with one attached hydrogen (secondary N) is 2. The van der Waals surface area contributed by atoms with Gasteiger partial charge in [0.2, 0.25) is 11.8 Å². The average Bonchev–Trinajstić information content (AvgIpc) is 2.82. The lowest BCUT2D eigenvalue weighted by atomic mass is 10.2. The highest BCUT2D eigenvalue weighted by atomic mass is 35.5. The lowest BCUT2D eigenvalue weighted by molar-refractivity contribution is -0.129. The predicted molar refractivity (Wildman–Crippen MR) is 95.3 cm³/mol. The van der Waals surface area contributed by atoms with Crippen molar-refractivity contribution in [1.29, 1.82) is 0 Å². The quantitative estimate of drug-likeness (QED) is 0.767. The van der Waals surface area contributed by atoms with Crippen LogP contribution in [0.1, 0.15) is 19.5 Å². The Balaban J connectivity index is 0. The summed E-state index contributed by atoms with van der Waals surface area (Å²) >= 11 is 1.34. The molecular formula is C13H24Cl2N4O2S. The van der Waals surface area contributed by atoms with Crippen molar-refractivity contribution in [2.75, 3.05) is 32.5 Å². The number of thiazole rings is 1. The van der Waals surface area contributed by atoms with Crippen molar-refractivity contribution < 1.29 is 9.59 Å². The van der Waals surface area contributed by atoms with Crippen LogP contribution in [-0.2, 0) is 16.0 Å². The summed E-state index contributed by atoms with van der Waals surface area (Å²) in [7, 11) is 3.62. The number of rotatable bonds is 7. The molecule has 0 aromatic carbocycles. The Morgan fingerprint density at radius 1 is 1.36 bits per heavy atom. The molecule has 0 saturated carbocycles. The van der Waals surface area contributed by atoms with Gasteiger partial charge < -0.3 is 15.5 Å². The molecule has 2 N–H and O–H groups in total. The van der Waals surface area contributed by atoms with Crippen molar-refractivity contribution in [2.45, 2.75) is 20.3 Å². The number of aromatic nitrogens is 1. The second kappa shape index (κ2) is 11.6. The van der Waals surface area contributed by atoms with Crippen molar-refractivity contribution >= 4 is 53.1 Å². The number of nitrogens with zero attached hydrogens (tertiary/aromatic N) is 2. The molecule has 0 saturated heterocycles.